The first-order valence-electron chi connectivity index (χ1n) is 5.50. The van der Waals surface area contributed by atoms with E-state index in [1.807, 2.05) is 20.8 Å². The molecule has 0 rings (SSSR count). The van der Waals surface area contributed by atoms with Crippen LogP contribution in [0.15, 0.2) is 0 Å². The Morgan fingerprint density at radius 2 is 1.87 bits per heavy atom. The van der Waals surface area contributed by atoms with Crippen LogP contribution >= 0.6 is 0 Å². The Balaban J connectivity index is 4.46. The Morgan fingerprint density at radius 1 is 1.33 bits per heavy atom. The summed E-state index contributed by atoms with van der Waals surface area (Å²) in [7, 11) is 0. The third-order valence-electron chi connectivity index (χ3n) is 2.45. The summed E-state index contributed by atoms with van der Waals surface area (Å²) < 4.78 is 0. The van der Waals surface area contributed by atoms with E-state index >= 15 is 0 Å². The van der Waals surface area contributed by atoms with E-state index in [9.17, 15) is 14.9 Å². The van der Waals surface area contributed by atoms with Gasteiger partial charge in [0, 0.05) is 24.4 Å². The lowest BCUT2D eigenvalue weighted by Crippen LogP contribution is -2.42. The van der Waals surface area contributed by atoms with E-state index in [0.717, 1.165) is 12.8 Å². The molecule has 15 heavy (non-hydrogen) atoms. The summed E-state index contributed by atoms with van der Waals surface area (Å²) in [4.78, 5) is 23.5. The maximum atomic E-state index is 11.7. The van der Waals surface area contributed by atoms with Gasteiger partial charge in [0.25, 0.3) is 11.9 Å². The van der Waals surface area contributed by atoms with Crippen molar-refractivity contribution in [2.75, 3.05) is 13.1 Å². The number of nitrogens with zero attached hydrogens (tertiary/aromatic N) is 2. The average molecular weight is 216 g/mol. The van der Waals surface area contributed by atoms with Gasteiger partial charge in [-0.1, -0.05) is 13.3 Å². The predicted octanol–water partition coefficient (Wildman–Crippen LogP) is 1.69. The minimum Gasteiger partial charge on any atom is -0.337 e. The van der Waals surface area contributed by atoms with Gasteiger partial charge >= 0.3 is 0 Å². The minimum absolute atomic E-state index is 0.346. The molecule has 1 atom stereocenters. The van der Waals surface area contributed by atoms with E-state index in [1.165, 1.54) is 4.90 Å². The van der Waals surface area contributed by atoms with E-state index < -0.39 is 11.0 Å². The van der Waals surface area contributed by atoms with E-state index in [0.29, 0.717) is 19.5 Å². The van der Waals surface area contributed by atoms with Gasteiger partial charge in [-0.05, 0) is 20.3 Å². The number of likely N-dealkylation sites (N-methyl/N-ethyl adjacent to an activating group) is 1. The van der Waals surface area contributed by atoms with Crippen molar-refractivity contribution in [2.24, 2.45) is 0 Å². The van der Waals surface area contributed by atoms with Crippen LogP contribution in [0.3, 0.4) is 0 Å². The molecule has 0 aliphatic heterocycles. The Kier molecular flexibility index (Phi) is 6.66. The van der Waals surface area contributed by atoms with E-state index in [-0.39, 0.29) is 5.91 Å². The van der Waals surface area contributed by atoms with Gasteiger partial charge in [-0.25, -0.2) is 0 Å². The Bertz CT molecular complexity index is 215. The number of carbonyl (C=O) groups is 1. The van der Waals surface area contributed by atoms with E-state index in [2.05, 4.69) is 0 Å². The van der Waals surface area contributed by atoms with Crippen molar-refractivity contribution in [3.8, 4) is 0 Å². The normalized spacial score (nSPS) is 12.2. The Labute approximate surface area is 90.6 Å². The van der Waals surface area contributed by atoms with Crippen molar-refractivity contribution in [1.82, 2.24) is 4.90 Å². The molecule has 0 aromatic heterocycles. The summed E-state index contributed by atoms with van der Waals surface area (Å²) in [5.74, 6) is -0.349. The molecule has 0 aliphatic rings. The highest BCUT2D eigenvalue weighted by Gasteiger charge is 2.31. The minimum atomic E-state index is -1.05. The molecule has 5 heteroatoms. The lowest BCUT2D eigenvalue weighted by molar-refractivity contribution is -0.510. The molecule has 1 unspecified atom stereocenters. The van der Waals surface area contributed by atoms with Crippen molar-refractivity contribution in [3.63, 3.8) is 0 Å². The van der Waals surface area contributed by atoms with Crippen LogP contribution in [-0.2, 0) is 4.79 Å². The fourth-order valence-electron chi connectivity index (χ4n) is 1.46. The molecule has 0 aromatic rings. The first-order chi connectivity index (χ1) is 7.08. The van der Waals surface area contributed by atoms with Crippen molar-refractivity contribution in [3.05, 3.63) is 10.1 Å². The van der Waals surface area contributed by atoms with Crippen LogP contribution in [0.4, 0.5) is 0 Å². The van der Waals surface area contributed by atoms with Crippen LogP contribution in [0.25, 0.3) is 0 Å². The molecule has 0 bridgehead atoms. The summed E-state index contributed by atoms with van der Waals surface area (Å²) in [6, 6.07) is -1.05. The molecular weight excluding hydrogens is 196 g/mol. The van der Waals surface area contributed by atoms with Gasteiger partial charge in [0.2, 0.25) is 0 Å². The van der Waals surface area contributed by atoms with Gasteiger partial charge < -0.3 is 4.90 Å². The van der Waals surface area contributed by atoms with Gasteiger partial charge in [0.1, 0.15) is 0 Å². The van der Waals surface area contributed by atoms with Crippen LogP contribution in [-0.4, -0.2) is 34.9 Å². The summed E-state index contributed by atoms with van der Waals surface area (Å²) >= 11 is 0. The third kappa shape index (κ3) is 4.27. The highest BCUT2D eigenvalue weighted by atomic mass is 16.6. The molecule has 0 N–H and O–H groups in total. The number of nitro groups is 1. The van der Waals surface area contributed by atoms with Crippen molar-refractivity contribution < 1.29 is 9.72 Å². The van der Waals surface area contributed by atoms with Gasteiger partial charge in [-0.3, -0.25) is 14.9 Å². The lowest BCUT2D eigenvalue weighted by Gasteiger charge is -2.20. The second-order valence-corrected chi connectivity index (χ2v) is 3.45. The van der Waals surface area contributed by atoms with Crippen LogP contribution in [0, 0.1) is 10.1 Å². The molecule has 0 fully saturated rings. The molecule has 0 aromatic carbocycles. The molecule has 0 radical (unpaired) electrons. The Morgan fingerprint density at radius 3 is 2.20 bits per heavy atom. The molecule has 0 saturated heterocycles. The third-order valence-corrected chi connectivity index (χ3v) is 2.45. The number of amides is 1. The summed E-state index contributed by atoms with van der Waals surface area (Å²) in [6.07, 6.45) is 1.94. The average Bonchev–Trinajstić information content (AvgIpc) is 2.19. The quantitative estimate of drug-likeness (QED) is 0.480. The summed E-state index contributed by atoms with van der Waals surface area (Å²) in [6.45, 7) is 6.69. The highest BCUT2D eigenvalue weighted by molar-refractivity contribution is 5.80. The smallest absolute Gasteiger partial charge is 0.297 e. The van der Waals surface area contributed by atoms with Crippen LogP contribution < -0.4 is 0 Å². The van der Waals surface area contributed by atoms with Crippen LogP contribution in [0.5, 0.6) is 0 Å². The van der Waals surface area contributed by atoms with Crippen molar-refractivity contribution in [2.45, 2.75) is 46.1 Å². The highest BCUT2D eigenvalue weighted by Crippen LogP contribution is 2.08. The number of rotatable bonds is 7. The maximum absolute atomic E-state index is 11.7. The van der Waals surface area contributed by atoms with Gasteiger partial charge in [-0.15, -0.1) is 0 Å². The van der Waals surface area contributed by atoms with Gasteiger partial charge in [0.15, 0.2) is 0 Å². The number of carbonyl (C=O) groups excluding carboxylic acids is 1. The van der Waals surface area contributed by atoms with Crippen LogP contribution in [0.2, 0.25) is 0 Å². The van der Waals surface area contributed by atoms with Gasteiger partial charge in [-0.2, -0.15) is 0 Å². The zero-order chi connectivity index (χ0) is 11.8. The number of hydrogen-bond acceptors (Lipinski definition) is 3. The molecule has 1 amide bonds. The molecule has 0 heterocycles. The van der Waals surface area contributed by atoms with E-state index in [4.69, 9.17) is 0 Å². The fraction of sp³-hybridized carbons (Fsp3) is 0.900. The second kappa shape index (κ2) is 7.20. The Hall–Kier alpha value is -1.13. The fourth-order valence-corrected chi connectivity index (χ4v) is 1.46. The first-order valence-corrected chi connectivity index (χ1v) is 5.50. The topological polar surface area (TPSA) is 63.5 Å². The summed E-state index contributed by atoms with van der Waals surface area (Å²) in [5, 5.41) is 10.7. The van der Waals surface area contributed by atoms with Gasteiger partial charge in [0.05, 0.1) is 0 Å². The zero-order valence-electron chi connectivity index (χ0n) is 9.73. The molecular formula is C10H20N2O3. The van der Waals surface area contributed by atoms with E-state index in [1.54, 1.807) is 0 Å². The molecule has 0 spiro atoms. The van der Waals surface area contributed by atoms with Crippen molar-refractivity contribution in [1.29, 1.82) is 0 Å². The summed E-state index contributed by atoms with van der Waals surface area (Å²) in [5.41, 5.74) is 0. The number of unbranched alkanes of at least 4 members (excludes halogenated alkanes) is 1. The van der Waals surface area contributed by atoms with Crippen LogP contribution in [0.1, 0.15) is 40.0 Å². The first kappa shape index (κ1) is 13.9. The standard InChI is InChI=1S/C10H20N2O3/c1-4-7-8-9(12(14)15)10(13)11(5-2)6-3/h9H,4-8H2,1-3H3. The molecule has 0 saturated carbocycles. The monoisotopic (exact) mass is 216 g/mol. The predicted molar refractivity (Wildman–Crippen MR) is 58.2 cm³/mol. The van der Waals surface area contributed by atoms with Crippen molar-refractivity contribution >= 4 is 5.91 Å². The maximum Gasteiger partial charge on any atom is 0.297 e. The SMILES string of the molecule is CCCCC(C(=O)N(CC)CC)[N+](=O)[O-]. The molecule has 5 nitrogen and oxygen atoms in total. The lowest BCUT2D eigenvalue weighted by atomic mass is 10.1. The number of hydrogen-bond donors (Lipinski definition) is 0. The zero-order valence-corrected chi connectivity index (χ0v) is 9.73. The second-order valence-electron chi connectivity index (χ2n) is 3.45. The largest absolute Gasteiger partial charge is 0.337 e. The molecule has 0 aliphatic carbocycles. The molecule has 88 valence electrons.